The Hall–Kier alpha value is -1.87. The topological polar surface area (TPSA) is 35.2 Å². The van der Waals surface area contributed by atoms with Gasteiger partial charge in [0.2, 0.25) is 0 Å². The molecule has 0 atom stereocenters. The van der Waals surface area contributed by atoms with E-state index in [0.29, 0.717) is 4.99 Å². The molecule has 0 saturated carbocycles. The van der Waals surface area contributed by atoms with E-state index in [1.807, 2.05) is 48.5 Å². The minimum Gasteiger partial charge on any atom is -0.497 e. The Morgan fingerprint density at radius 3 is 2.35 bits per heavy atom. The predicted molar refractivity (Wildman–Crippen MR) is 74.3 cm³/mol. The summed E-state index contributed by atoms with van der Waals surface area (Å²) in [4.78, 5) is 0.419. The summed E-state index contributed by atoms with van der Waals surface area (Å²) in [5.74, 6) is 0.848. The molecule has 2 aromatic carbocycles. The van der Waals surface area contributed by atoms with E-state index in [0.717, 1.165) is 22.4 Å². The third kappa shape index (κ3) is 2.63. The largest absolute Gasteiger partial charge is 0.497 e. The molecule has 2 rings (SSSR count). The average Bonchev–Trinajstić information content (AvgIpc) is 2.39. The highest BCUT2D eigenvalue weighted by atomic mass is 32.1. The molecule has 0 bridgehead atoms. The lowest BCUT2D eigenvalue weighted by molar-refractivity contribution is 0.415. The van der Waals surface area contributed by atoms with Crippen LogP contribution in [0, 0.1) is 0 Å². The van der Waals surface area contributed by atoms with E-state index in [1.54, 1.807) is 7.11 Å². The van der Waals surface area contributed by atoms with Crippen molar-refractivity contribution in [2.75, 3.05) is 7.11 Å². The predicted octanol–water partition coefficient (Wildman–Crippen LogP) is 3.00. The van der Waals surface area contributed by atoms with Gasteiger partial charge < -0.3 is 10.5 Å². The first-order chi connectivity index (χ1) is 8.20. The number of benzene rings is 2. The fraction of sp³-hybridized carbons (Fsp3) is 0.0714. The van der Waals surface area contributed by atoms with Crippen molar-refractivity contribution in [3.8, 4) is 16.9 Å². The second-order valence-corrected chi connectivity index (χ2v) is 4.11. The second-order valence-electron chi connectivity index (χ2n) is 3.67. The molecule has 0 aromatic heterocycles. The van der Waals surface area contributed by atoms with Crippen LogP contribution in [0.25, 0.3) is 11.1 Å². The monoisotopic (exact) mass is 243 g/mol. The van der Waals surface area contributed by atoms with E-state index in [9.17, 15) is 0 Å². The lowest BCUT2D eigenvalue weighted by Gasteiger charge is -2.05. The van der Waals surface area contributed by atoms with Gasteiger partial charge in [-0.3, -0.25) is 0 Å². The molecule has 0 aliphatic rings. The second kappa shape index (κ2) is 4.97. The molecule has 2 aromatic rings. The molecule has 0 heterocycles. The van der Waals surface area contributed by atoms with Crippen LogP contribution >= 0.6 is 12.2 Å². The minimum atomic E-state index is 0.419. The van der Waals surface area contributed by atoms with Crippen molar-refractivity contribution in [1.29, 1.82) is 0 Å². The van der Waals surface area contributed by atoms with E-state index in [2.05, 4.69) is 0 Å². The number of rotatable bonds is 3. The Morgan fingerprint density at radius 2 is 1.76 bits per heavy atom. The Labute approximate surface area is 106 Å². The quantitative estimate of drug-likeness (QED) is 0.842. The van der Waals surface area contributed by atoms with Crippen LogP contribution in [-0.2, 0) is 0 Å². The van der Waals surface area contributed by atoms with E-state index < -0.39 is 0 Å². The van der Waals surface area contributed by atoms with E-state index in [1.165, 1.54) is 0 Å². The first kappa shape index (κ1) is 11.6. The van der Waals surface area contributed by atoms with Gasteiger partial charge in [0.25, 0.3) is 0 Å². The van der Waals surface area contributed by atoms with Gasteiger partial charge in [-0.1, -0.05) is 48.6 Å². The maximum Gasteiger partial charge on any atom is 0.119 e. The van der Waals surface area contributed by atoms with Crippen LogP contribution in [0.1, 0.15) is 5.56 Å². The SMILES string of the molecule is COc1cccc(-c2ccc(C(N)=S)cc2)c1. The molecule has 86 valence electrons. The molecule has 0 saturated heterocycles. The van der Waals surface area contributed by atoms with Gasteiger partial charge in [-0.05, 0) is 23.3 Å². The van der Waals surface area contributed by atoms with Crippen molar-refractivity contribution in [3.05, 3.63) is 54.1 Å². The molecular formula is C14H13NOS. The fourth-order valence-corrected chi connectivity index (χ4v) is 1.77. The van der Waals surface area contributed by atoms with Crippen molar-refractivity contribution in [2.45, 2.75) is 0 Å². The Morgan fingerprint density at radius 1 is 1.06 bits per heavy atom. The number of hydrogen-bond acceptors (Lipinski definition) is 2. The summed E-state index contributed by atoms with van der Waals surface area (Å²) in [6.45, 7) is 0. The van der Waals surface area contributed by atoms with E-state index in [4.69, 9.17) is 22.7 Å². The van der Waals surface area contributed by atoms with Crippen LogP contribution in [0.5, 0.6) is 5.75 Å². The van der Waals surface area contributed by atoms with Crippen molar-refractivity contribution < 1.29 is 4.74 Å². The summed E-state index contributed by atoms with van der Waals surface area (Å²) in [5, 5.41) is 0. The van der Waals surface area contributed by atoms with Gasteiger partial charge in [-0.25, -0.2) is 0 Å². The molecule has 0 unspecified atom stereocenters. The van der Waals surface area contributed by atoms with Crippen molar-refractivity contribution in [1.82, 2.24) is 0 Å². The summed E-state index contributed by atoms with van der Waals surface area (Å²) in [6.07, 6.45) is 0. The fourth-order valence-electron chi connectivity index (χ4n) is 1.63. The van der Waals surface area contributed by atoms with Crippen LogP contribution in [0.2, 0.25) is 0 Å². The van der Waals surface area contributed by atoms with Gasteiger partial charge in [0.05, 0.1) is 7.11 Å². The van der Waals surface area contributed by atoms with Gasteiger partial charge in [0.1, 0.15) is 10.7 Å². The van der Waals surface area contributed by atoms with E-state index >= 15 is 0 Å². The summed E-state index contributed by atoms with van der Waals surface area (Å²) in [7, 11) is 1.66. The smallest absolute Gasteiger partial charge is 0.119 e. The number of nitrogens with two attached hydrogens (primary N) is 1. The number of thiocarbonyl (C=S) groups is 1. The van der Waals surface area contributed by atoms with Crippen LogP contribution in [-0.4, -0.2) is 12.1 Å². The van der Waals surface area contributed by atoms with Crippen molar-refractivity contribution >= 4 is 17.2 Å². The van der Waals surface area contributed by atoms with E-state index in [-0.39, 0.29) is 0 Å². The summed E-state index contributed by atoms with van der Waals surface area (Å²) >= 11 is 4.92. The third-order valence-corrected chi connectivity index (χ3v) is 2.81. The summed E-state index contributed by atoms with van der Waals surface area (Å²) < 4.78 is 5.20. The molecule has 0 aliphatic heterocycles. The molecule has 2 N–H and O–H groups in total. The van der Waals surface area contributed by atoms with Crippen molar-refractivity contribution in [2.24, 2.45) is 5.73 Å². The Balaban J connectivity index is 2.36. The lowest BCUT2D eigenvalue weighted by Crippen LogP contribution is -2.08. The molecule has 0 amide bonds. The van der Waals surface area contributed by atoms with Crippen LogP contribution in [0.15, 0.2) is 48.5 Å². The number of ether oxygens (including phenoxy) is 1. The van der Waals surface area contributed by atoms with Crippen LogP contribution in [0.3, 0.4) is 0 Å². The van der Waals surface area contributed by atoms with Gasteiger partial charge in [0, 0.05) is 5.56 Å². The average molecular weight is 243 g/mol. The molecule has 3 heteroatoms. The first-order valence-corrected chi connectivity index (χ1v) is 5.66. The zero-order valence-corrected chi connectivity index (χ0v) is 10.3. The molecule has 0 spiro atoms. The number of methoxy groups -OCH3 is 1. The van der Waals surface area contributed by atoms with Gasteiger partial charge in [-0.15, -0.1) is 0 Å². The molecular weight excluding hydrogens is 230 g/mol. The number of hydrogen-bond donors (Lipinski definition) is 1. The maximum absolute atomic E-state index is 5.56. The van der Waals surface area contributed by atoms with Gasteiger partial charge in [0.15, 0.2) is 0 Å². The molecule has 0 fully saturated rings. The van der Waals surface area contributed by atoms with Crippen molar-refractivity contribution in [3.63, 3.8) is 0 Å². The lowest BCUT2D eigenvalue weighted by atomic mass is 10.0. The van der Waals surface area contributed by atoms with Crippen LogP contribution in [0.4, 0.5) is 0 Å². The molecule has 0 aliphatic carbocycles. The molecule has 17 heavy (non-hydrogen) atoms. The zero-order valence-electron chi connectivity index (χ0n) is 9.51. The maximum atomic E-state index is 5.56. The highest BCUT2D eigenvalue weighted by molar-refractivity contribution is 7.80. The van der Waals surface area contributed by atoms with Crippen LogP contribution < -0.4 is 10.5 Å². The summed E-state index contributed by atoms with van der Waals surface area (Å²) in [5.41, 5.74) is 8.67. The Kier molecular flexibility index (Phi) is 3.40. The highest BCUT2D eigenvalue weighted by Gasteiger charge is 2.00. The third-order valence-electron chi connectivity index (χ3n) is 2.57. The highest BCUT2D eigenvalue weighted by Crippen LogP contribution is 2.23. The normalized spacial score (nSPS) is 9.94. The van der Waals surface area contributed by atoms with Gasteiger partial charge in [-0.2, -0.15) is 0 Å². The zero-order chi connectivity index (χ0) is 12.3. The standard InChI is InChI=1S/C14H13NOS/c1-16-13-4-2-3-12(9-13)10-5-7-11(8-6-10)14(15)17/h2-9H,1H3,(H2,15,17). The Bertz CT molecular complexity index is 534. The summed E-state index contributed by atoms with van der Waals surface area (Å²) in [6, 6.07) is 15.8. The first-order valence-electron chi connectivity index (χ1n) is 5.25. The minimum absolute atomic E-state index is 0.419. The van der Waals surface area contributed by atoms with Gasteiger partial charge >= 0.3 is 0 Å². The molecule has 0 radical (unpaired) electrons. The molecule has 2 nitrogen and oxygen atoms in total.